The fraction of sp³-hybridized carbons (Fsp3) is 0.364. The van der Waals surface area contributed by atoms with E-state index in [4.69, 9.17) is 11.6 Å². The average molecular weight is 262 g/mol. The highest BCUT2D eigenvalue weighted by molar-refractivity contribution is 6.18. The SMILES string of the molecule is O=C1CC(CCl)CN1c1cc(F)c(F)cc1O. The van der Waals surface area contributed by atoms with E-state index in [1.165, 1.54) is 4.90 Å². The first-order chi connectivity index (χ1) is 8.02. The van der Waals surface area contributed by atoms with E-state index < -0.39 is 17.4 Å². The Labute approximate surface area is 102 Å². The Morgan fingerprint density at radius 2 is 2.06 bits per heavy atom. The fourth-order valence-electron chi connectivity index (χ4n) is 1.86. The highest BCUT2D eigenvalue weighted by atomic mass is 35.5. The number of aromatic hydroxyl groups is 1. The average Bonchev–Trinajstić information content (AvgIpc) is 2.65. The highest BCUT2D eigenvalue weighted by Gasteiger charge is 2.32. The molecule has 6 heteroatoms. The molecule has 0 spiro atoms. The molecule has 0 radical (unpaired) electrons. The van der Waals surface area contributed by atoms with Gasteiger partial charge in [0.25, 0.3) is 0 Å². The predicted octanol–water partition coefficient (Wildman–Crippen LogP) is 2.26. The van der Waals surface area contributed by atoms with Gasteiger partial charge in [-0.3, -0.25) is 4.79 Å². The number of halogens is 3. The second kappa shape index (κ2) is 4.49. The van der Waals surface area contributed by atoms with Crippen molar-refractivity contribution in [3.05, 3.63) is 23.8 Å². The predicted molar refractivity (Wildman–Crippen MR) is 59.2 cm³/mol. The lowest BCUT2D eigenvalue weighted by Gasteiger charge is -2.17. The van der Waals surface area contributed by atoms with Gasteiger partial charge in [-0.15, -0.1) is 11.6 Å². The molecule has 1 amide bonds. The van der Waals surface area contributed by atoms with Crippen LogP contribution in [0, 0.1) is 17.6 Å². The van der Waals surface area contributed by atoms with Crippen LogP contribution in [0.5, 0.6) is 5.75 Å². The molecular formula is C11H10ClF2NO2. The Morgan fingerprint density at radius 3 is 2.65 bits per heavy atom. The number of benzene rings is 1. The lowest BCUT2D eigenvalue weighted by Crippen LogP contribution is -2.25. The number of hydrogen-bond acceptors (Lipinski definition) is 2. The molecule has 92 valence electrons. The van der Waals surface area contributed by atoms with Crippen LogP contribution < -0.4 is 4.90 Å². The molecule has 1 aliphatic heterocycles. The summed E-state index contributed by atoms with van der Waals surface area (Å²) in [5.74, 6) is -2.67. The van der Waals surface area contributed by atoms with Gasteiger partial charge in [0.15, 0.2) is 11.6 Å². The molecule has 3 nitrogen and oxygen atoms in total. The van der Waals surface area contributed by atoms with Crippen molar-refractivity contribution in [1.29, 1.82) is 0 Å². The summed E-state index contributed by atoms with van der Waals surface area (Å²) in [7, 11) is 0. The molecule has 2 rings (SSSR count). The smallest absolute Gasteiger partial charge is 0.227 e. The molecule has 1 fully saturated rings. The van der Waals surface area contributed by atoms with Gasteiger partial charge in [0, 0.05) is 31.0 Å². The molecule has 1 aliphatic rings. The van der Waals surface area contributed by atoms with Crippen LogP contribution in [0.25, 0.3) is 0 Å². The van der Waals surface area contributed by atoms with E-state index in [0.717, 1.165) is 6.07 Å². The van der Waals surface area contributed by atoms with Crippen molar-refractivity contribution in [3.63, 3.8) is 0 Å². The summed E-state index contributed by atoms with van der Waals surface area (Å²) in [5, 5.41) is 9.52. The summed E-state index contributed by atoms with van der Waals surface area (Å²) < 4.78 is 25.9. The van der Waals surface area contributed by atoms with Crippen LogP contribution in [0.3, 0.4) is 0 Å². The zero-order valence-corrected chi connectivity index (χ0v) is 9.55. The summed E-state index contributed by atoms with van der Waals surface area (Å²) in [6, 6.07) is 1.48. The normalized spacial score (nSPS) is 20.1. The van der Waals surface area contributed by atoms with Crippen molar-refractivity contribution < 1.29 is 18.7 Å². The number of carbonyl (C=O) groups is 1. The van der Waals surface area contributed by atoms with Crippen molar-refractivity contribution >= 4 is 23.2 Å². The minimum absolute atomic E-state index is 0.0125. The summed E-state index contributed by atoms with van der Waals surface area (Å²) in [6.45, 7) is 0.307. The van der Waals surface area contributed by atoms with Crippen molar-refractivity contribution in [2.75, 3.05) is 17.3 Å². The standard InChI is InChI=1S/C11H10ClF2NO2/c12-4-6-1-11(17)15(5-6)9-2-7(13)8(14)3-10(9)16/h2-3,6,16H,1,4-5H2. The maximum absolute atomic E-state index is 13.1. The quantitative estimate of drug-likeness (QED) is 0.830. The van der Waals surface area contributed by atoms with Gasteiger partial charge in [0.1, 0.15) is 5.75 Å². The number of amides is 1. The number of phenols is 1. The maximum atomic E-state index is 13.1. The van der Waals surface area contributed by atoms with E-state index in [1.54, 1.807) is 0 Å². The molecule has 0 bridgehead atoms. The molecule has 1 aromatic rings. The van der Waals surface area contributed by atoms with Crippen molar-refractivity contribution in [1.82, 2.24) is 0 Å². The topological polar surface area (TPSA) is 40.5 Å². The minimum Gasteiger partial charge on any atom is -0.506 e. The van der Waals surface area contributed by atoms with Crippen LogP contribution in [-0.4, -0.2) is 23.4 Å². The second-order valence-electron chi connectivity index (χ2n) is 3.98. The van der Waals surface area contributed by atoms with Crippen LogP contribution in [0.2, 0.25) is 0 Å². The fourth-order valence-corrected chi connectivity index (χ4v) is 2.07. The van der Waals surface area contributed by atoms with Crippen LogP contribution in [0.15, 0.2) is 12.1 Å². The number of anilines is 1. The third kappa shape index (κ3) is 2.20. The molecule has 1 heterocycles. The third-order valence-electron chi connectivity index (χ3n) is 2.73. The molecule has 1 N–H and O–H groups in total. The first-order valence-corrected chi connectivity index (χ1v) is 5.60. The van der Waals surface area contributed by atoms with E-state index in [1.807, 2.05) is 0 Å². The van der Waals surface area contributed by atoms with Gasteiger partial charge < -0.3 is 10.0 Å². The Hall–Kier alpha value is -1.36. The van der Waals surface area contributed by atoms with Crippen LogP contribution in [0.4, 0.5) is 14.5 Å². The Morgan fingerprint density at radius 1 is 1.41 bits per heavy atom. The van der Waals surface area contributed by atoms with Crippen LogP contribution >= 0.6 is 11.6 Å². The molecule has 1 saturated heterocycles. The van der Waals surface area contributed by atoms with Gasteiger partial charge in [-0.1, -0.05) is 0 Å². The summed E-state index contributed by atoms with van der Waals surface area (Å²) in [6.07, 6.45) is 0.252. The lowest BCUT2D eigenvalue weighted by atomic mass is 10.1. The first-order valence-electron chi connectivity index (χ1n) is 5.07. The Balaban J connectivity index is 2.35. The van der Waals surface area contributed by atoms with E-state index in [9.17, 15) is 18.7 Å². The third-order valence-corrected chi connectivity index (χ3v) is 3.17. The molecule has 1 unspecified atom stereocenters. The highest BCUT2D eigenvalue weighted by Crippen LogP contribution is 2.34. The van der Waals surface area contributed by atoms with Crippen molar-refractivity contribution in [2.24, 2.45) is 5.92 Å². The summed E-state index contributed by atoms with van der Waals surface area (Å²) in [5.41, 5.74) is -0.0125. The van der Waals surface area contributed by atoms with Gasteiger partial charge in [-0.25, -0.2) is 8.78 Å². The maximum Gasteiger partial charge on any atom is 0.227 e. The molecule has 17 heavy (non-hydrogen) atoms. The van der Waals surface area contributed by atoms with Gasteiger partial charge >= 0.3 is 0 Å². The number of alkyl halides is 1. The monoisotopic (exact) mass is 261 g/mol. The Bertz CT molecular complexity index is 467. The largest absolute Gasteiger partial charge is 0.506 e. The van der Waals surface area contributed by atoms with Gasteiger partial charge in [0.05, 0.1) is 5.69 Å². The Kier molecular flexibility index (Phi) is 3.19. The summed E-state index contributed by atoms with van der Waals surface area (Å²) >= 11 is 5.65. The van der Waals surface area contributed by atoms with Crippen LogP contribution in [-0.2, 0) is 4.79 Å². The van der Waals surface area contributed by atoms with E-state index >= 15 is 0 Å². The van der Waals surface area contributed by atoms with Crippen LogP contribution in [0.1, 0.15) is 6.42 Å². The van der Waals surface area contributed by atoms with E-state index in [0.29, 0.717) is 18.5 Å². The number of hydrogen-bond donors (Lipinski definition) is 1. The van der Waals surface area contributed by atoms with Gasteiger partial charge in [0.2, 0.25) is 5.91 Å². The molecule has 0 aliphatic carbocycles. The minimum atomic E-state index is -1.15. The van der Waals surface area contributed by atoms with Crippen molar-refractivity contribution in [3.8, 4) is 5.75 Å². The number of rotatable bonds is 2. The number of carbonyl (C=O) groups excluding carboxylic acids is 1. The number of nitrogens with zero attached hydrogens (tertiary/aromatic N) is 1. The molecule has 0 aromatic heterocycles. The molecule has 1 aromatic carbocycles. The zero-order valence-electron chi connectivity index (χ0n) is 8.79. The van der Waals surface area contributed by atoms with Crippen molar-refractivity contribution in [2.45, 2.75) is 6.42 Å². The van der Waals surface area contributed by atoms with Gasteiger partial charge in [-0.2, -0.15) is 0 Å². The molecule has 1 atom stereocenters. The van der Waals surface area contributed by atoms with Gasteiger partial charge in [-0.05, 0) is 5.92 Å². The molecule has 0 saturated carbocycles. The lowest BCUT2D eigenvalue weighted by molar-refractivity contribution is -0.117. The zero-order chi connectivity index (χ0) is 12.6. The first kappa shape index (κ1) is 12.1. The number of phenolic OH excluding ortho intramolecular Hbond substituents is 1. The van der Waals surface area contributed by atoms with E-state index in [2.05, 4.69) is 0 Å². The second-order valence-corrected chi connectivity index (χ2v) is 4.29. The van der Waals surface area contributed by atoms with E-state index in [-0.39, 0.29) is 23.9 Å². The summed E-state index contributed by atoms with van der Waals surface area (Å²) in [4.78, 5) is 12.9. The molecular weight excluding hydrogens is 252 g/mol.